The van der Waals surface area contributed by atoms with Gasteiger partial charge in [-0.1, -0.05) is 54.6 Å². The molecule has 2 amide bonds. The monoisotopic (exact) mass is 542 g/mol. The van der Waals surface area contributed by atoms with Gasteiger partial charge in [-0.05, 0) is 49.9 Å². The third kappa shape index (κ3) is 8.17. The molecule has 2 N–H and O–H groups in total. The fourth-order valence-corrected chi connectivity index (χ4v) is 4.63. The smallest absolute Gasteiger partial charge is 0.407 e. The number of carbonyl (C=O) groups is 3. The van der Waals surface area contributed by atoms with Crippen molar-refractivity contribution in [1.82, 2.24) is 10.6 Å². The van der Waals surface area contributed by atoms with Crippen LogP contribution in [0.25, 0.3) is 11.1 Å². The number of benzene rings is 2. The Balaban J connectivity index is 1.60. The lowest BCUT2D eigenvalue weighted by molar-refractivity contribution is -0.155. The standard InChI is InChI=1S/C28H34N2O7S/c1-18(26(32)30-19(14-15-38(5,34)35)16-25(31)37-28(2,3)4)29-27(33)36-17-24-22-12-8-6-10-20(22)21-11-7-9-13-23(21)24/h6-15,18-19,24H,16-17H2,1-5H3,(H,29,33)(H,30,32)/b15-14+/t18-,19+/m0/s1. The molecule has 0 heterocycles. The highest BCUT2D eigenvalue weighted by Crippen LogP contribution is 2.44. The van der Waals surface area contributed by atoms with Gasteiger partial charge in [-0.3, -0.25) is 9.59 Å². The molecule has 1 aliphatic carbocycles. The van der Waals surface area contributed by atoms with Crippen molar-refractivity contribution in [3.05, 3.63) is 71.1 Å². The van der Waals surface area contributed by atoms with Crippen LogP contribution in [-0.4, -0.2) is 56.9 Å². The molecular formula is C28H34N2O7S. The zero-order valence-electron chi connectivity index (χ0n) is 22.2. The number of ether oxygens (including phenoxy) is 2. The fourth-order valence-electron chi connectivity index (χ4n) is 4.16. The lowest BCUT2D eigenvalue weighted by Crippen LogP contribution is -2.48. The van der Waals surface area contributed by atoms with Gasteiger partial charge in [-0.25, -0.2) is 13.2 Å². The first-order chi connectivity index (χ1) is 17.7. The molecule has 0 saturated carbocycles. The molecule has 3 rings (SSSR count). The molecular weight excluding hydrogens is 508 g/mol. The summed E-state index contributed by atoms with van der Waals surface area (Å²) in [4.78, 5) is 37.5. The molecule has 0 radical (unpaired) electrons. The topological polar surface area (TPSA) is 128 Å². The van der Waals surface area contributed by atoms with Gasteiger partial charge in [0.05, 0.1) is 12.5 Å². The summed E-state index contributed by atoms with van der Waals surface area (Å²) in [5, 5.41) is 5.97. The van der Waals surface area contributed by atoms with Crippen molar-refractivity contribution in [2.24, 2.45) is 0 Å². The molecule has 0 fully saturated rings. The number of rotatable bonds is 9. The van der Waals surface area contributed by atoms with Crippen molar-refractivity contribution in [2.75, 3.05) is 12.9 Å². The Morgan fingerprint density at radius 1 is 0.974 bits per heavy atom. The van der Waals surface area contributed by atoms with E-state index in [9.17, 15) is 22.8 Å². The second kappa shape index (κ2) is 11.8. The average Bonchev–Trinajstić information content (AvgIpc) is 3.13. The van der Waals surface area contributed by atoms with Gasteiger partial charge in [0.2, 0.25) is 5.91 Å². The predicted octanol–water partition coefficient (Wildman–Crippen LogP) is 3.69. The molecule has 0 aliphatic heterocycles. The number of hydrogen-bond acceptors (Lipinski definition) is 7. The molecule has 0 aromatic heterocycles. The molecule has 38 heavy (non-hydrogen) atoms. The van der Waals surface area contributed by atoms with Gasteiger partial charge in [-0.2, -0.15) is 0 Å². The van der Waals surface area contributed by atoms with Crippen LogP contribution in [0.2, 0.25) is 0 Å². The maximum atomic E-state index is 12.8. The lowest BCUT2D eigenvalue weighted by atomic mass is 9.98. The Labute approximate surface area is 223 Å². The molecule has 1 aliphatic rings. The first-order valence-corrected chi connectivity index (χ1v) is 14.2. The van der Waals surface area contributed by atoms with Crippen LogP contribution < -0.4 is 10.6 Å². The fraction of sp³-hybridized carbons (Fsp3) is 0.393. The van der Waals surface area contributed by atoms with E-state index in [0.29, 0.717) is 0 Å². The van der Waals surface area contributed by atoms with E-state index in [0.717, 1.165) is 33.9 Å². The van der Waals surface area contributed by atoms with Crippen LogP contribution in [0.5, 0.6) is 0 Å². The SMILES string of the molecule is C[C@H](NC(=O)OCC1c2ccccc2-c2ccccc21)C(=O)N[C@H](/C=C/S(C)(=O)=O)CC(=O)OC(C)(C)C. The van der Waals surface area contributed by atoms with E-state index >= 15 is 0 Å². The minimum absolute atomic E-state index is 0.0898. The number of alkyl carbamates (subject to hydrolysis) is 1. The quantitative estimate of drug-likeness (QED) is 0.463. The molecule has 2 atom stereocenters. The highest BCUT2D eigenvalue weighted by molar-refractivity contribution is 7.93. The van der Waals surface area contributed by atoms with Crippen LogP contribution in [0, 0.1) is 0 Å². The maximum absolute atomic E-state index is 12.8. The normalized spacial score (nSPS) is 14.8. The Morgan fingerprint density at radius 3 is 2.05 bits per heavy atom. The highest BCUT2D eigenvalue weighted by atomic mass is 32.2. The Hall–Kier alpha value is -3.66. The summed E-state index contributed by atoms with van der Waals surface area (Å²) in [5.74, 6) is -1.36. The lowest BCUT2D eigenvalue weighted by Gasteiger charge is -2.23. The summed E-state index contributed by atoms with van der Waals surface area (Å²) < 4.78 is 33.9. The van der Waals surface area contributed by atoms with Gasteiger partial charge < -0.3 is 20.1 Å². The van der Waals surface area contributed by atoms with Gasteiger partial charge in [0.15, 0.2) is 9.84 Å². The van der Waals surface area contributed by atoms with Crippen molar-refractivity contribution in [2.45, 2.75) is 57.7 Å². The van der Waals surface area contributed by atoms with Crippen LogP contribution in [0.4, 0.5) is 4.79 Å². The maximum Gasteiger partial charge on any atom is 0.407 e. The van der Waals surface area contributed by atoms with Crippen LogP contribution >= 0.6 is 0 Å². The number of esters is 1. The zero-order chi connectivity index (χ0) is 28.1. The van der Waals surface area contributed by atoms with Gasteiger partial charge in [0.1, 0.15) is 18.2 Å². The summed E-state index contributed by atoms with van der Waals surface area (Å²) in [7, 11) is -3.50. The van der Waals surface area contributed by atoms with Crippen LogP contribution in [0.3, 0.4) is 0 Å². The van der Waals surface area contributed by atoms with E-state index in [4.69, 9.17) is 9.47 Å². The summed E-state index contributed by atoms with van der Waals surface area (Å²) in [6, 6.07) is 13.9. The first-order valence-electron chi connectivity index (χ1n) is 12.3. The van der Waals surface area contributed by atoms with Gasteiger partial charge >= 0.3 is 12.1 Å². The van der Waals surface area contributed by atoms with Crippen molar-refractivity contribution >= 4 is 27.8 Å². The summed E-state index contributed by atoms with van der Waals surface area (Å²) in [5.41, 5.74) is 3.58. The molecule has 0 spiro atoms. The molecule has 0 unspecified atom stereocenters. The number of carbonyl (C=O) groups excluding carboxylic acids is 3. The van der Waals surface area contributed by atoms with E-state index < -0.39 is 45.5 Å². The second-order valence-electron chi connectivity index (χ2n) is 10.3. The third-order valence-electron chi connectivity index (χ3n) is 5.76. The minimum Gasteiger partial charge on any atom is -0.460 e. The number of hydrogen-bond donors (Lipinski definition) is 2. The zero-order valence-corrected chi connectivity index (χ0v) is 23.0. The Kier molecular flexibility index (Phi) is 8.98. The molecule has 2 aromatic rings. The summed E-state index contributed by atoms with van der Waals surface area (Å²) >= 11 is 0. The third-order valence-corrected chi connectivity index (χ3v) is 6.42. The molecule has 0 bridgehead atoms. The molecule has 10 heteroatoms. The van der Waals surface area contributed by atoms with E-state index in [2.05, 4.69) is 10.6 Å². The molecule has 9 nitrogen and oxygen atoms in total. The van der Waals surface area contributed by atoms with Crippen molar-refractivity contribution in [3.63, 3.8) is 0 Å². The van der Waals surface area contributed by atoms with Crippen LogP contribution in [0.1, 0.15) is 51.2 Å². The highest BCUT2D eigenvalue weighted by Gasteiger charge is 2.29. The second-order valence-corrected chi connectivity index (χ2v) is 12.2. The molecule has 2 aromatic carbocycles. The van der Waals surface area contributed by atoms with Crippen molar-refractivity contribution < 1.29 is 32.3 Å². The molecule has 204 valence electrons. The van der Waals surface area contributed by atoms with Crippen LogP contribution in [-0.2, 0) is 28.9 Å². The number of amides is 2. The van der Waals surface area contributed by atoms with Gasteiger partial charge in [0, 0.05) is 17.6 Å². The largest absolute Gasteiger partial charge is 0.460 e. The van der Waals surface area contributed by atoms with E-state index in [1.165, 1.54) is 13.0 Å². The van der Waals surface area contributed by atoms with Crippen molar-refractivity contribution in [1.29, 1.82) is 0 Å². The Morgan fingerprint density at radius 2 is 1.53 bits per heavy atom. The summed E-state index contributed by atoms with van der Waals surface area (Å²) in [6.45, 7) is 6.65. The van der Waals surface area contributed by atoms with E-state index in [1.807, 2.05) is 48.5 Å². The molecule has 0 saturated heterocycles. The van der Waals surface area contributed by atoms with Crippen molar-refractivity contribution in [3.8, 4) is 11.1 Å². The van der Waals surface area contributed by atoms with Crippen LogP contribution in [0.15, 0.2) is 60.0 Å². The Bertz CT molecular complexity index is 1280. The first kappa shape index (κ1) is 28.9. The van der Waals surface area contributed by atoms with E-state index in [1.54, 1.807) is 20.8 Å². The number of nitrogens with one attached hydrogen (secondary N) is 2. The predicted molar refractivity (Wildman–Crippen MR) is 144 cm³/mol. The van der Waals surface area contributed by atoms with E-state index in [-0.39, 0.29) is 18.9 Å². The average molecular weight is 543 g/mol. The number of sulfone groups is 1. The van der Waals surface area contributed by atoms with Gasteiger partial charge in [0.25, 0.3) is 0 Å². The minimum atomic E-state index is -3.50. The van der Waals surface area contributed by atoms with Gasteiger partial charge in [-0.15, -0.1) is 0 Å². The summed E-state index contributed by atoms with van der Waals surface area (Å²) in [6.07, 6.45) is 1.14. The number of fused-ring (bicyclic) bond motifs is 3.